The van der Waals surface area contributed by atoms with Gasteiger partial charge in [0.1, 0.15) is 0 Å². The number of nitrogens with one attached hydrogen (secondary N) is 1. The number of halogens is 1. The van der Waals surface area contributed by atoms with E-state index in [0.717, 1.165) is 22.4 Å². The van der Waals surface area contributed by atoms with Gasteiger partial charge in [0.25, 0.3) is 5.69 Å². The third-order valence-corrected chi connectivity index (χ3v) is 4.72. The smallest absolute Gasteiger partial charge is 0.275 e. The van der Waals surface area contributed by atoms with Crippen molar-refractivity contribution in [2.75, 3.05) is 0 Å². The normalized spacial score (nSPS) is 26.4. The van der Waals surface area contributed by atoms with Gasteiger partial charge in [0.2, 0.25) is 0 Å². The van der Waals surface area contributed by atoms with Gasteiger partial charge < -0.3 is 5.32 Å². The lowest BCUT2D eigenvalue weighted by molar-refractivity contribution is -0.385. The van der Waals surface area contributed by atoms with Gasteiger partial charge in [0.05, 0.1) is 4.92 Å². The Morgan fingerprint density at radius 1 is 1.40 bits per heavy atom. The van der Waals surface area contributed by atoms with E-state index in [1.165, 1.54) is 12.8 Å². The predicted molar refractivity (Wildman–Crippen MR) is 83.6 cm³/mol. The van der Waals surface area contributed by atoms with Crippen LogP contribution in [0.3, 0.4) is 0 Å². The largest absolute Gasteiger partial charge is 0.309 e. The Kier molecular flexibility index (Phi) is 5.16. The third-order valence-electron chi connectivity index (χ3n) is 4.23. The van der Waals surface area contributed by atoms with Gasteiger partial charge in [0, 0.05) is 28.7 Å². The third kappa shape index (κ3) is 3.79. The quantitative estimate of drug-likeness (QED) is 0.657. The Balaban J connectivity index is 2.02. The van der Waals surface area contributed by atoms with Crippen LogP contribution in [-0.4, -0.2) is 11.0 Å². The van der Waals surface area contributed by atoms with Gasteiger partial charge >= 0.3 is 0 Å². The predicted octanol–water partition coefficient (Wildman–Crippen LogP) is 4.27. The molecule has 0 aromatic heterocycles. The molecule has 0 aliphatic heterocycles. The molecule has 1 N–H and O–H groups in total. The summed E-state index contributed by atoms with van der Waals surface area (Å²) in [5, 5.41) is 14.6. The first-order valence-corrected chi connectivity index (χ1v) is 7.93. The standard InChI is InChI=1S/C15H21BrN2O2/c1-10-3-6-14(11(2)7-10)17-9-12-4-5-13(16)8-15(12)18(19)20/h4-5,8,10-11,14,17H,3,6-7,9H2,1-2H3. The number of hydrogen-bond donors (Lipinski definition) is 1. The van der Waals surface area contributed by atoms with Gasteiger partial charge in [-0.1, -0.05) is 29.8 Å². The maximum atomic E-state index is 11.1. The zero-order valence-corrected chi connectivity index (χ0v) is 13.5. The van der Waals surface area contributed by atoms with Crippen LogP contribution in [0.2, 0.25) is 0 Å². The zero-order chi connectivity index (χ0) is 14.7. The number of rotatable bonds is 4. The summed E-state index contributed by atoms with van der Waals surface area (Å²) >= 11 is 3.28. The molecule has 110 valence electrons. The van der Waals surface area contributed by atoms with E-state index >= 15 is 0 Å². The van der Waals surface area contributed by atoms with Crippen LogP contribution in [-0.2, 0) is 6.54 Å². The van der Waals surface area contributed by atoms with Gasteiger partial charge in [-0.25, -0.2) is 0 Å². The summed E-state index contributed by atoms with van der Waals surface area (Å²) in [4.78, 5) is 10.8. The SMILES string of the molecule is CC1CCC(NCc2ccc(Br)cc2[N+](=O)[O-])C(C)C1. The molecule has 1 fully saturated rings. The van der Waals surface area contributed by atoms with Crippen molar-refractivity contribution < 1.29 is 4.92 Å². The Morgan fingerprint density at radius 2 is 2.15 bits per heavy atom. The molecule has 0 spiro atoms. The molecule has 20 heavy (non-hydrogen) atoms. The summed E-state index contributed by atoms with van der Waals surface area (Å²) in [6.45, 7) is 5.13. The molecule has 0 heterocycles. The number of nitro groups is 1. The maximum Gasteiger partial charge on any atom is 0.275 e. The molecule has 1 aliphatic rings. The molecule has 0 saturated heterocycles. The fourth-order valence-electron chi connectivity index (χ4n) is 3.07. The number of nitrogens with zero attached hydrogens (tertiary/aromatic N) is 1. The van der Waals surface area contributed by atoms with Crippen LogP contribution in [0.4, 0.5) is 5.69 Å². The number of benzene rings is 1. The van der Waals surface area contributed by atoms with Crippen molar-refractivity contribution in [2.24, 2.45) is 11.8 Å². The van der Waals surface area contributed by atoms with E-state index in [4.69, 9.17) is 0 Å². The summed E-state index contributed by atoms with van der Waals surface area (Å²) in [6.07, 6.45) is 3.64. The molecule has 4 nitrogen and oxygen atoms in total. The Bertz CT molecular complexity index is 493. The molecule has 1 aromatic rings. The first-order valence-electron chi connectivity index (χ1n) is 7.13. The highest BCUT2D eigenvalue weighted by atomic mass is 79.9. The fraction of sp³-hybridized carbons (Fsp3) is 0.600. The minimum absolute atomic E-state index is 0.184. The minimum atomic E-state index is -0.311. The van der Waals surface area contributed by atoms with Crippen LogP contribution >= 0.6 is 15.9 Å². The molecule has 0 radical (unpaired) electrons. The highest BCUT2D eigenvalue weighted by Crippen LogP contribution is 2.29. The Hall–Kier alpha value is -0.940. The molecule has 3 unspecified atom stereocenters. The monoisotopic (exact) mass is 340 g/mol. The van der Waals surface area contributed by atoms with E-state index < -0.39 is 0 Å². The Labute approximate surface area is 128 Å². The summed E-state index contributed by atoms with van der Waals surface area (Å²) in [6, 6.07) is 5.72. The molecular formula is C15H21BrN2O2. The molecule has 2 rings (SSSR count). The first kappa shape index (κ1) is 15.4. The van der Waals surface area contributed by atoms with Gasteiger partial charge in [-0.2, -0.15) is 0 Å². The van der Waals surface area contributed by atoms with Crippen molar-refractivity contribution in [2.45, 2.75) is 45.7 Å². The lowest BCUT2D eigenvalue weighted by Gasteiger charge is -2.33. The molecule has 0 amide bonds. The summed E-state index contributed by atoms with van der Waals surface area (Å²) < 4.78 is 0.743. The second-order valence-electron chi connectivity index (χ2n) is 5.91. The van der Waals surface area contributed by atoms with Crippen molar-refractivity contribution in [3.05, 3.63) is 38.3 Å². The summed E-state index contributed by atoms with van der Waals surface area (Å²) in [5.74, 6) is 1.43. The highest BCUT2D eigenvalue weighted by Gasteiger charge is 2.25. The van der Waals surface area contributed by atoms with Crippen LogP contribution in [0.1, 0.15) is 38.7 Å². The maximum absolute atomic E-state index is 11.1. The fourth-order valence-corrected chi connectivity index (χ4v) is 3.42. The lowest BCUT2D eigenvalue weighted by Crippen LogP contribution is -2.38. The Morgan fingerprint density at radius 3 is 2.80 bits per heavy atom. The first-order chi connectivity index (χ1) is 9.47. The topological polar surface area (TPSA) is 55.2 Å². The van der Waals surface area contributed by atoms with E-state index in [1.807, 2.05) is 12.1 Å². The van der Waals surface area contributed by atoms with Crippen LogP contribution in [0.15, 0.2) is 22.7 Å². The van der Waals surface area contributed by atoms with E-state index in [2.05, 4.69) is 35.1 Å². The molecule has 1 aromatic carbocycles. The van der Waals surface area contributed by atoms with Crippen LogP contribution in [0.25, 0.3) is 0 Å². The van der Waals surface area contributed by atoms with Crippen LogP contribution < -0.4 is 5.32 Å². The second-order valence-corrected chi connectivity index (χ2v) is 6.83. The molecule has 5 heteroatoms. The lowest BCUT2D eigenvalue weighted by atomic mass is 9.80. The number of hydrogen-bond acceptors (Lipinski definition) is 3. The van der Waals surface area contributed by atoms with Gasteiger partial charge in [-0.3, -0.25) is 10.1 Å². The summed E-state index contributed by atoms with van der Waals surface area (Å²) in [5.41, 5.74) is 0.938. The summed E-state index contributed by atoms with van der Waals surface area (Å²) in [7, 11) is 0. The highest BCUT2D eigenvalue weighted by molar-refractivity contribution is 9.10. The van der Waals surface area contributed by atoms with Crippen LogP contribution in [0, 0.1) is 22.0 Å². The molecular weight excluding hydrogens is 320 g/mol. The van der Waals surface area contributed by atoms with Gasteiger partial charge in [-0.15, -0.1) is 0 Å². The van der Waals surface area contributed by atoms with Crippen molar-refractivity contribution in [1.82, 2.24) is 5.32 Å². The van der Waals surface area contributed by atoms with Gasteiger partial charge in [0.15, 0.2) is 0 Å². The van der Waals surface area contributed by atoms with Crippen molar-refractivity contribution in [3.8, 4) is 0 Å². The average Bonchev–Trinajstić information content (AvgIpc) is 2.38. The van der Waals surface area contributed by atoms with Crippen LogP contribution in [0.5, 0.6) is 0 Å². The second kappa shape index (κ2) is 6.68. The molecule has 3 atom stereocenters. The van der Waals surface area contributed by atoms with Crippen molar-refractivity contribution in [1.29, 1.82) is 0 Å². The average molecular weight is 341 g/mol. The van der Waals surface area contributed by atoms with E-state index in [-0.39, 0.29) is 10.6 Å². The molecule has 0 bridgehead atoms. The molecule has 1 saturated carbocycles. The zero-order valence-electron chi connectivity index (χ0n) is 11.9. The van der Waals surface area contributed by atoms with Crippen molar-refractivity contribution in [3.63, 3.8) is 0 Å². The molecule has 1 aliphatic carbocycles. The van der Waals surface area contributed by atoms with E-state index in [0.29, 0.717) is 18.5 Å². The minimum Gasteiger partial charge on any atom is -0.309 e. The van der Waals surface area contributed by atoms with E-state index in [9.17, 15) is 10.1 Å². The van der Waals surface area contributed by atoms with Crippen molar-refractivity contribution >= 4 is 21.6 Å². The van der Waals surface area contributed by atoms with Gasteiger partial charge in [-0.05, 0) is 43.2 Å². The number of nitro benzene ring substituents is 1. The van der Waals surface area contributed by atoms with E-state index in [1.54, 1.807) is 6.07 Å².